The summed E-state index contributed by atoms with van der Waals surface area (Å²) in [7, 11) is 0.355. The number of rotatable bonds is 22. The lowest BCUT2D eigenvalue weighted by atomic mass is 10.0. The summed E-state index contributed by atoms with van der Waals surface area (Å²) in [6.45, 7) is 9.20. The van der Waals surface area contributed by atoms with Gasteiger partial charge >= 0.3 is 0 Å². The van der Waals surface area contributed by atoms with Gasteiger partial charge in [-0.1, -0.05) is 111 Å². The summed E-state index contributed by atoms with van der Waals surface area (Å²) in [5, 5.41) is 0. The van der Waals surface area contributed by atoms with Crippen molar-refractivity contribution in [1.82, 2.24) is 0 Å². The second kappa shape index (κ2) is 24.0. The van der Waals surface area contributed by atoms with Crippen LogP contribution in [0.5, 0.6) is 0 Å². The van der Waals surface area contributed by atoms with E-state index in [1.807, 2.05) is 6.92 Å². The molecule has 0 saturated carbocycles. The Morgan fingerprint density at radius 2 is 0.906 bits per heavy atom. The smallest absolute Gasteiger partial charge is 0.217 e. The van der Waals surface area contributed by atoms with Crippen LogP contribution in [0.25, 0.3) is 0 Å². The van der Waals surface area contributed by atoms with Crippen LogP contribution >= 0.6 is 0 Å². The summed E-state index contributed by atoms with van der Waals surface area (Å²) in [5.74, 6) is 0. The average Bonchev–Trinajstić information content (AvgIpc) is 2.72. The molecule has 0 aliphatic heterocycles. The first kappa shape index (κ1) is 34.0. The van der Waals surface area contributed by atoms with Gasteiger partial charge in [0.1, 0.15) is 0 Å². The summed E-state index contributed by atoms with van der Waals surface area (Å²) >= 11 is 0. The van der Waals surface area contributed by atoms with Crippen molar-refractivity contribution in [3.8, 4) is 0 Å². The van der Waals surface area contributed by atoms with Gasteiger partial charge in [0.2, 0.25) is 10.4 Å². The maximum Gasteiger partial charge on any atom is 0.217 e. The monoisotopic (exact) mass is 479 g/mol. The highest BCUT2D eigenvalue weighted by molar-refractivity contribution is 7.80. The normalized spacial score (nSPS) is 11.9. The molecule has 0 aromatic carbocycles. The van der Waals surface area contributed by atoms with E-state index in [-0.39, 0.29) is 6.61 Å². The first-order chi connectivity index (χ1) is 15.2. The van der Waals surface area contributed by atoms with Crippen molar-refractivity contribution in [2.75, 3.05) is 33.8 Å². The maximum atomic E-state index is 9.73. The zero-order valence-electron chi connectivity index (χ0n) is 22.3. The van der Waals surface area contributed by atoms with Gasteiger partial charge < -0.3 is 9.04 Å². The lowest BCUT2D eigenvalue weighted by molar-refractivity contribution is -0.890. The molecule has 196 valence electrons. The molecule has 0 N–H and O–H groups in total. The Kier molecular flexibility index (Phi) is 25.5. The minimum absolute atomic E-state index is 0.00231. The Morgan fingerprint density at radius 3 is 1.28 bits per heavy atom. The van der Waals surface area contributed by atoms with Crippen molar-refractivity contribution in [3.63, 3.8) is 0 Å². The predicted molar refractivity (Wildman–Crippen MR) is 138 cm³/mol. The number of quaternary nitrogens is 1. The number of hydrogen-bond donors (Lipinski definition) is 0. The van der Waals surface area contributed by atoms with Gasteiger partial charge in [0.25, 0.3) is 0 Å². The van der Waals surface area contributed by atoms with Crippen LogP contribution in [0.15, 0.2) is 0 Å². The molecule has 0 heterocycles. The number of unbranched alkanes of at least 4 members (excludes halogenated alkanes) is 15. The van der Waals surface area contributed by atoms with Crippen LogP contribution in [0, 0.1) is 0 Å². The van der Waals surface area contributed by atoms with E-state index in [0.717, 1.165) is 6.42 Å². The van der Waals surface area contributed by atoms with E-state index in [0.29, 0.717) is 6.42 Å². The van der Waals surface area contributed by atoms with Gasteiger partial charge in [-0.05, 0) is 25.7 Å². The lowest BCUT2D eigenvalue weighted by Gasteiger charge is -2.29. The summed E-state index contributed by atoms with van der Waals surface area (Å²) in [6, 6.07) is 0. The van der Waals surface area contributed by atoms with Crippen molar-refractivity contribution in [2.24, 2.45) is 0 Å². The minimum Gasteiger partial charge on any atom is -0.726 e. The van der Waals surface area contributed by atoms with Crippen LogP contribution < -0.4 is 0 Å². The van der Waals surface area contributed by atoms with Gasteiger partial charge in [0, 0.05) is 0 Å². The minimum atomic E-state index is -4.45. The second-order valence-corrected chi connectivity index (χ2v) is 11.0. The highest BCUT2D eigenvalue weighted by Crippen LogP contribution is 2.13. The molecule has 0 radical (unpaired) electrons. The fourth-order valence-electron chi connectivity index (χ4n) is 3.74. The molecule has 0 aliphatic rings. The molecule has 0 amide bonds. The van der Waals surface area contributed by atoms with E-state index < -0.39 is 10.4 Å². The molecule has 0 aromatic heterocycles. The molecular formula is C26H57NO4S. The zero-order valence-corrected chi connectivity index (χ0v) is 23.2. The maximum absolute atomic E-state index is 9.73. The largest absolute Gasteiger partial charge is 0.726 e. The Balaban J connectivity index is 0. The summed E-state index contributed by atoms with van der Waals surface area (Å²) in [5.41, 5.74) is 0. The highest BCUT2D eigenvalue weighted by atomic mass is 32.3. The molecular weight excluding hydrogens is 422 g/mol. The van der Waals surface area contributed by atoms with Crippen molar-refractivity contribution in [3.05, 3.63) is 0 Å². The molecule has 0 aromatic rings. The van der Waals surface area contributed by atoms with Crippen molar-refractivity contribution >= 4 is 10.4 Å². The third-order valence-corrected chi connectivity index (χ3v) is 6.41. The highest BCUT2D eigenvalue weighted by Gasteiger charge is 2.12. The molecule has 32 heavy (non-hydrogen) atoms. The second-order valence-electron chi connectivity index (χ2n) is 9.92. The van der Waals surface area contributed by atoms with Gasteiger partial charge in [-0.15, -0.1) is 0 Å². The summed E-state index contributed by atoms with van der Waals surface area (Å²) in [6.07, 6.45) is 24.6. The van der Waals surface area contributed by atoms with E-state index in [9.17, 15) is 13.0 Å². The quantitative estimate of drug-likeness (QED) is 0.0693. The molecule has 0 fully saturated rings. The van der Waals surface area contributed by atoms with Gasteiger partial charge in [0.15, 0.2) is 0 Å². The Labute approximate surface area is 202 Å². The van der Waals surface area contributed by atoms with Gasteiger partial charge in [-0.2, -0.15) is 0 Å². The van der Waals surface area contributed by atoms with Crippen LogP contribution in [0.3, 0.4) is 0 Å². The fourth-order valence-corrected chi connectivity index (χ4v) is 4.06. The zero-order chi connectivity index (χ0) is 24.6. The van der Waals surface area contributed by atoms with Crippen LogP contribution in [0.2, 0.25) is 0 Å². The van der Waals surface area contributed by atoms with Crippen LogP contribution in [-0.2, 0) is 14.6 Å². The lowest BCUT2D eigenvalue weighted by Crippen LogP contribution is -2.41. The summed E-state index contributed by atoms with van der Waals surface area (Å²) in [4.78, 5) is 0. The van der Waals surface area contributed by atoms with E-state index >= 15 is 0 Å². The van der Waals surface area contributed by atoms with Crippen molar-refractivity contribution in [1.29, 1.82) is 0 Å². The molecule has 0 bridgehead atoms. The van der Waals surface area contributed by atoms with E-state index in [2.05, 4.69) is 32.1 Å². The van der Waals surface area contributed by atoms with Gasteiger partial charge in [0.05, 0.1) is 33.8 Å². The van der Waals surface area contributed by atoms with Crippen LogP contribution in [0.1, 0.15) is 136 Å². The first-order valence-electron chi connectivity index (χ1n) is 13.6. The van der Waals surface area contributed by atoms with Crippen LogP contribution in [-0.4, -0.2) is 51.2 Å². The average molecular weight is 480 g/mol. The van der Waals surface area contributed by atoms with E-state index in [1.165, 1.54) is 120 Å². The first-order valence-corrected chi connectivity index (χ1v) is 14.9. The molecule has 0 atom stereocenters. The molecule has 0 spiro atoms. The summed E-state index contributed by atoms with van der Waals surface area (Å²) < 4.78 is 34.3. The molecule has 5 nitrogen and oxygen atoms in total. The molecule has 0 unspecified atom stereocenters. The van der Waals surface area contributed by atoms with E-state index in [1.54, 1.807) is 0 Å². The number of nitrogens with zero attached hydrogens (tertiary/aromatic N) is 1. The van der Waals surface area contributed by atoms with E-state index in [4.69, 9.17) is 0 Å². The third kappa shape index (κ3) is 32.0. The molecule has 0 saturated heterocycles. The Morgan fingerprint density at radius 1 is 0.562 bits per heavy atom. The van der Waals surface area contributed by atoms with Crippen molar-refractivity contribution < 1.29 is 21.6 Å². The number of hydrogen-bond acceptors (Lipinski definition) is 4. The Bertz CT molecular complexity index is 466. The van der Waals surface area contributed by atoms with Gasteiger partial charge in [-0.3, -0.25) is 4.18 Å². The molecule has 0 rings (SSSR count). The standard InChI is InChI=1S/C22H48N.C4H10O4S/c1-5-7-9-10-11-12-13-14-15-16-17-18-19-20-22-23(3,4)21-8-6-2;1-2-3-4-8-9(5,6)7/h5-22H2,1-4H3;2-4H2,1H3,(H,5,6,7)/q+1;/p-1. The van der Waals surface area contributed by atoms with Gasteiger partial charge in [-0.25, -0.2) is 8.42 Å². The Hall–Kier alpha value is -0.170. The predicted octanol–water partition coefficient (Wildman–Crippen LogP) is 7.61. The SMILES string of the molecule is CCCCCCCCCCCCCCCC[N+](C)(C)CCCC.CCCCOS(=O)(=O)[O-]. The fraction of sp³-hybridized carbons (Fsp3) is 1.00. The molecule has 0 aliphatic carbocycles. The van der Waals surface area contributed by atoms with Crippen molar-refractivity contribution in [2.45, 2.75) is 136 Å². The molecule has 6 heteroatoms. The topological polar surface area (TPSA) is 66.4 Å². The third-order valence-electron chi connectivity index (χ3n) is 5.96. The van der Waals surface area contributed by atoms with Crippen LogP contribution in [0.4, 0.5) is 0 Å².